The number of rotatable bonds is 6. The topological polar surface area (TPSA) is 36.5 Å². The fourth-order valence-electron chi connectivity index (χ4n) is 2.15. The summed E-state index contributed by atoms with van der Waals surface area (Å²) in [7, 11) is 0. The van der Waals surface area contributed by atoms with Gasteiger partial charge in [0.25, 0.3) is 0 Å². The second kappa shape index (κ2) is 7.43. The molecule has 0 spiro atoms. The summed E-state index contributed by atoms with van der Waals surface area (Å²) in [5.74, 6) is 0.0386. The van der Waals surface area contributed by atoms with Crippen molar-refractivity contribution in [2.24, 2.45) is 0 Å². The van der Waals surface area contributed by atoms with Gasteiger partial charge in [0.1, 0.15) is 0 Å². The van der Waals surface area contributed by atoms with Crippen LogP contribution < -0.4 is 15.4 Å². The van der Waals surface area contributed by atoms with E-state index in [2.05, 4.69) is 15.5 Å². The van der Waals surface area contributed by atoms with Gasteiger partial charge in [-0.3, -0.25) is 4.90 Å². The van der Waals surface area contributed by atoms with Crippen LogP contribution in [-0.2, 0) is 6.54 Å². The molecular formula is C14H22FN3O. The largest absolute Gasteiger partial charge is 0.491 e. The van der Waals surface area contributed by atoms with Gasteiger partial charge < -0.3 is 15.4 Å². The third-order valence-electron chi connectivity index (χ3n) is 3.17. The van der Waals surface area contributed by atoms with E-state index in [4.69, 9.17) is 4.74 Å². The summed E-state index contributed by atoms with van der Waals surface area (Å²) in [6.07, 6.45) is 0. The Kier molecular flexibility index (Phi) is 5.57. The predicted octanol–water partition coefficient (Wildman–Crippen LogP) is 1.18. The minimum absolute atomic E-state index is 0.289. The van der Waals surface area contributed by atoms with Crippen LogP contribution in [0.5, 0.6) is 5.75 Å². The summed E-state index contributed by atoms with van der Waals surface area (Å²) >= 11 is 0. The fraction of sp³-hybridized carbons (Fsp3) is 0.571. The lowest BCUT2D eigenvalue weighted by molar-refractivity contribution is 0.223. The summed E-state index contributed by atoms with van der Waals surface area (Å²) in [5.41, 5.74) is 0.941. The third-order valence-corrected chi connectivity index (χ3v) is 3.17. The van der Waals surface area contributed by atoms with Gasteiger partial charge in [-0.2, -0.15) is 0 Å². The second-order valence-corrected chi connectivity index (χ2v) is 4.65. The Morgan fingerprint density at radius 1 is 1.37 bits per heavy atom. The minimum Gasteiger partial charge on any atom is -0.491 e. The molecule has 0 bridgehead atoms. The summed E-state index contributed by atoms with van der Waals surface area (Å²) in [6, 6.07) is 5.13. The number of halogens is 1. The molecule has 0 aliphatic carbocycles. The predicted molar refractivity (Wildman–Crippen MR) is 73.7 cm³/mol. The van der Waals surface area contributed by atoms with Gasteiger partial charge in [-0.1, -0.05) is 6.07 Å². The summed E-state index contributed by atoms with van der Waals surface area (Å²) in [6.45, 7) is 8.05. The molecule has 1 heterocycles. The van der Waals surface area contributed by atoms with Gasteiger partial charge in [-0.05, 0) is 24.6 Å². The molecule has 0 saturated carbocycles. The van der Waals surface area contributed by atoms with Gasteiger partial charge in [0.2, 0.25) is 0 Å². The van der Waals surface area contributed by atoms with Crippen LogP contribution in [0.1, 0.15) is 12.5 Å². The number of hydrogen-bond acceptors (Lipinski definition) is 4. The van der Waals surface area contributed by atoms with Crippen molar-refractivity contribution in [1.82, 2.24) is 15.5 Å². The lowest BCUT2D eigenvalue weighted by Crippen LogP contribution is -2.46. The molecule has 19 heavy (non-hydrogen) atoms. The maximum absolute atomic E-state index is 13.6. The van der Waals surface area contributed by atoms with Crippen molar-refractivity contribution in [1.29, 1.82) is 0 Å². The highest BCUT2D eigenvalue weighted by atomic mass is 19.1. The number of hydrogen-bond donors (Lipinski definition) is 2. The first-order chi connectivity index (χ1) is 9.29. The number of piperazine rings is 1. The van der Waals surface area contributed by atoms with Crippen molar-refractivity contribution in [2.45, 2.75) is 13.5 Å². The van der Waals surface area contributed by atoms with Crippen LogP contribution in [-0.4, -0.2) is 44.4 Å². The number of benzene rings is 1. The zero-order valence-electron chi connectivity index (χ0n) is 11.4. The summed E-state index contributed by atoms with van der Waals surface area (Å²) in [4.78, 5) is 2.35. The zero-order chi connectivity index (χ0) is 13.5. The van der Waals surface area contributed by atoms with Gasteiger partial charge in [0.05, 0.1) is 6.61 Å². The molecular weight excluding hydrogens is 245 g/mol. The van der Waals surface area contributed by atoms with Crippen molar-refractivity contribution in [3.63, 3.8) is 0 Å². The fourth-order valence-corrected chi connectivity index (χ4v) is 2.15. The molecule has 2 rings (SSSR count). The van der Waals surface area contributed by atoms with E-state index in [1.54, 1.807) is 6.07 Å². The molecule has 1 aromatic rings. The van der Waals surface area contributed by atoms with E-state index < -0.39 is 0 Å². The highest BCUT2D eigenvalue weighted by Gasteiger charge is 2.08. The molecule has 0 atom stereocenters. The van der Waals surface area contributed by atoms with E-state index in [1.165, 1.54) is 6.07 Å². The first-order valence-electron chi connectivity index (χ1n) is 6.84. The van der Waals surface area contributed by atoms with Crippen LogP contribution in [0.15, 0.2) is 18.2 Å². The Labute approximate surface area is 113 Å². The van der Waals surface area contributed by atoms with Gasteiger partial charge in [-0.15, -0.1) is 0 Å². The number of ether oxygens (including phenoxy) is 1. The molecule has 5 heteroatoms. The van der Waals surface area contributed by atoms with Crippen LogP contribution >= 0.6 is 0 Å². The van der Waals surface area contributed by atoms with Crippen LogP contribution in [0.3, 0.4) is 0 Å². The second-order valence-electron chi connectivity index (χ2n) is 4.65. The van der Waals surface area contributed by atoms with E-state index in [0.717, 1.165) is 38.4 Å². The number of nitrogens with one attached hydrogen (secondary N) is 2. The highest BCUT2D eigenvalue weighted by molar-refractivity contribution is 5.29. The molecule has 4 nitrogen and oxygen atoms in total. The monoisotopic (exact) mass is 267 g/mol. The summed E-state index contributed by atoms with van der Waals surface area (Å²) < 4.78 is 18.8. The first-order valence-corrected chi connectivity index (χ1v) is 6.84. The Morgan fingerprint density at radius 3 is 2.84 bits per heavy atom. The van der Waals surface area contributed by atoms with Gasteiger partial charge in [0, 0.05) is 39.4 Å². The molecule has 1 aliphatic rings. The normalized spacial score (nSPS) is 16.5. The van der Waals surface area contributed by atoms with Crippen LogP contribution in [0, 0.1) is 5.82 Å². The van der Waals surface area contributed by atoms with Crippen LogP contribution in [0.2, 0.25) is 0 Å². The zero-order valence-corrected chi connectivity index (χ0v) is 11.4. The number of nitrogens with zero attached hydrogens (tertiary/aromatic N) is 1. The molecule has 106 valence electrons. The molecule has 0 amide bonds. The van der Waals surface area contributed by atoms with Crippen LogP contribution in [0.25, 0.3) is 0 Å². The Morgan fingerprint density at radius 2 is 2.16 bits per heavy atom. The van der Waals surface area contributed by atoms with E-state index >= 15 is 0 Å². The van der Waals surface area contributed by atoms with E-state index in [1.807, 2.05) is 13.0 Å². The smallest absolute Gasteiger partial charge is 0.165 e. The van der Waals surface area contributed by atoms with Gasteiger partial charge in [0.15, 0.2) is 11.6 Å². The first kappa shape index (κ1) is 14.2. The summed E-state index contributed by atoms with van der Waals surface area (Å²) in [5, 5.41) is 6.66. The van der Waals surface area contributed by atoms with Crippen molar-refractivity contribution in [3.8, 4) is 5.75 Å². The lowest BCUT2D eigenvalue weighted by Gasteiger charge is -2.27. The Hall–Kier alpha value is -1.17. The molecule has 0 aromatic heterocycles. The van der Waals surface area contributed by atoms with Crippen LogP contribution in [0.4, 0.5) is 4.39 Å². The standard InChI is InChI=1S/C14H22FN3O/c1-2-19-14-4-3-12(9-13(14)15)10-17-11-18-7-5-16-6-8-18/h3-4,9,16-17H,2,5-8,10-11H2,1H3. The maximum Gasteiger partial charge on any atom is 0.165 e. The average Bonchev–Trinajstić information content (AvgIpc) is 2.43. The SMILES string of the molecule is CCOc1ccc(CNCN2CCNCC2)cc1F. The lowest BCUT2D eigenvalue weighted by atomic mass is 10.2. The van der Waals surface area contributed by atoms with Gasteiger partial charge >= 0.3 is 0 Å². The quantitative estimate of drug-likeness (QED) is 0.811. The molecule has 1 saturated heterocycles. The van der Waals surface area contributed by atoms with E-state index in [-0.39, 0.29) is 5.82 Å². The molecule has 2 N–H and O–H groups in total. The third kappa shape index (κ3) is 4.45. The molecule has 1 aromatic carbocycles. The van der Waals surface area contributed by atoms with Crippen molar-refractivity contribution >= 4 is 0 Å². The molecule has 0 radical (unpaired) electrons. The Bertz CT molecular complexity index is 394. The van der Waals surface area contributed by atoms with Crippen molar-refractivity contribution < 1.29 is 9.13 Å². The van der Waals surface area contributed by atoms with E-state index in [9.17, 15) is 4.39 Å². The van der Waals surface area contributed by atoms with Crippen molar-refractivity contribution in [2.75, 3.05) is 39.5 Å². The average molecular weight is 267 g/mol. The molecule has 1 aliphatic heterocycles. The minimum atomic E-state index is -0.289. The maximum atomic E-state index is 13.6. The van der Waals surface area contributed by atoms with Crippen molar-refractivity contribution in [3.05, 3.63) is 29.6 Å². The van der Waals surface area contributed by atoms with E-state index in [0.29, 0.717) is 18.9 Å². The molecule has 0 unspecified atom stereocenters. The Balaban J connectivity index is 1.77. The highest BCUT2D eigenvalue weighted by Crippen LogP contribution is 2.18. The van der Waals surface area contributed by atoms with Gasteiger partial charge in [-0.25, -0.2) is 4.39 Å². The molecule has 1 fully saturated rings.